The highest BCUT2D eigenvalue weighted by molar-refractivity contribution is 7.09. The highest BCUT2D eigenvalue weighted by atomic mass is 32.1. The molecule has 3 aliphatic rings. The number of hydrogen-bond donors (Lipinski definition) is 0. The molecule has 3 heterocycles. The van der Waals surface area contributed by atoms with Crippen molar-refractivity contribution >= 4 is 11.3 Å². The van der Waals surface area contributed by atoms with Gasteiger partial charge < -0.3 is 9.47 Å². The Labute approximate surface area is 130 Å². The van der Waals surface area contributed by atoms with E-state index in [1.807, 2.05) is 5.51 Å². The summed E-state index contributed by atoms with van der Waals surface area (Å²) in [5.41, 5.74) is 3.19. The summed E-state index contributed by atoms with van der Waals surface area (Å²) in [7, 11) is 0. The van der Waals surface area contributed by atoms with Crippen molar-refractivity contribution in [1.82, 2.24) is 9.88 Å². The van der Waals surface area contributed by atoms with E-state index in [1.54, 1.807) is 11.3 Å². The zero-order valence-electron chi connectivity index (χ0n) is 12.7. The average molecular weight is 308 g/mol. The Morgan fingerprint density at radius 1 is 1.52 bits per heavy atom. The summed E-state index contributed by atoms with van der Waals surface area (Å²) in [4.78, 5) is 8.26. The van der Waals surface area contributed by atoms with Gasteiger partial charge in [0.05, 0.1) is 29.5 Å². The number of likely N-dealkylation sites (tertiary alicyclic amines) is 1. The molecule has 4 rings (SSSR count). The van der Waals surface area contributed by atoms with Crippen molar-refractivity contribution < 1.29 is 9.47 Å². The van der Waals surface area contributed by atoms with Crippen LogP contribution in [0.3, 0.4) is 0 Å². The second-order valence-electron chi connectivity index (χ2n) is 6.92. The predicted octanol–water partition coefficient (Wildman–Crippen LogP) is 2.61. The van der Waals surface area contributed by atoms with Crippen LogP contribution >= 0.6 is 11.3 Å². The number of ether oxygens (including phenoxy) is 2. The Morgan fingerprint density at radius 3 is 3.19 bits per heavy atom. The molecule has 116 valence electrons. The zero-order chi connectivity index (χ0) is 14.3. The van der Waals surface area contributed by atoms with Crippen LogP contribution in [-0.2, 0) is 16.0 Å². The second-order valence-corrected chi connectivity index (χ2v) is 7.86. The van der Waals surface area contributed by atoms with Crippen LogP contribution in [0.5, 0.6) is 0 Å². The minimum absolute atomic E-state index is 0.0623. The number of hydrogen-bond acceptors (Lipinski definition) is 5. The van der Waals surface area contributed by atoms with E-state index in [2.05, 4.69) is 16.8 Å². The molecule has 0 amide bonds. The quantitative estimate of drug-likeness (QED) is 0.837. The summed E-state index contributed by atoms with van der Waals surface area (Å²) in [5, 5.41) is 0. The lowest BCUT2D eigenvalue weighted by Gasteiger charge is -2.23. The molecular weight excluding hydrogens is 284 g/mol. The first-order valence-corrected chi connectivity index (χ1v) is 8.97. The van der Waals surface area contributed by atoms with Crippen LogP contribution in [0.25, 0.3) is 0 Å². The standard InChI is InChI=1S/C16H24N2O2S/c1-12-15(21-11-17-12)7-18-5-4-16(10-18)6-14(9-20-16)19-8-13-2-3-13/h11,13-14H,2-10H2,1H3/t14-,16+/m1/s1. The molecule has 1 saturated carbocycles. The molecule has 3 fully saturated rings. The molecule has 2 aliphatic heterocycles. The summed E-state index contributed by atoms with van der Waals surface area (Å²) in [5.74, 6) is 0.843. The van der Waals surface area contributed by atoms with Crippen LogP contribution in [0.2, 0.25) is 0 Å². The van der Waals surface area contributed by atoms with Gasteiger partial charge in [0.15, 0.2) is 0 Å². The second kappa shape index (κ2) is 5.61. The Hall–Kier alpha value is -0.490. The SMILES string of the molecule is Cc1ncsc1CN1CC[C@]2(C[C@@H](OCC3CC3)CO2)C1. The number of aromatic nitrogens is 1. The molecule has 0 aromatic carbocycles. The average Bonchev–Trinajstić information content (AvgIpc) is 2.90. The maximum Gasteiger partial charge on any atom is 0.0847 e. The number of rotatable bonds is 5. The molecule has 1 spiro atoms. The molecule has 5 heteroatoms. The Morgan fingerprint density at radius 2 is 2.43 bits per heavy atom. The summed E-state index contributed by atoms with van der Waals surface area (Å²) < 4.78 is 12.2. The van der Waals surface area contributed by atoms with E-state index in [4.69, 9.17) is 9.47 Å². The highest BCUT2D eigenvalue weighted by Gasteiger charge is 2.46. The van der Waals surface area contributed by atoms with Gasteiger partial charge in [-0.05, 0) is 32.1 Å². The molecule has 0 radical (unpaired) electrons. The third-order valence-electron chi connectivity index (χ3n) is 5.05. The van der Waals surface area contributed by atoms with E-state index < -0.39 is 0 Å². The third-order valence-corrected chi connectivity index (χ3v) is 5.97. The van der Waals surface area contributed by atoms with Gasteiger partial charge in [0.1, 0.15) is 0 Å². The molecule has 1 aliphatic carbocycles. The third kappa shape index (κ3) is 3.16. The van der Waals surface area contributed by atoms with E-state index in [0.717, 1.165) is 51.6 Å². The highest BCUT2D eigenvalue weighted by Crippen LogP contribution is 2.38. The normalized spacial score (nSPS) is 33.3. The van der Waals surface area contributed by atoms with Crippen LogP contribution in [-0.4, -0.2) is 47.9 Å². The molecule has 1 aromatic rings. The van der Waals surface area contributed by atoms with Crippen LogP contribution in [0.1, 0.15) is 36.3 Å². The molecule has 4 nitrogen and oxygen atoms in total. The Balaban J connectivity index is 1.30. The van der Waals surface area contributed by atoms with Crippen molar-refractivity contribution in [3.8, 4) is 0 Å². The maximum absolute atomic E-state index is 6.17. The van der Waals surface area contributed by atoms with Crippen molar-refractivity contribution in [3.05, 3.63) is 16.1 Å². The summed E-state index contributed by atoms with van der Waals surface area (Å²) in [6.07, 6.45) is 5.28. The first-order valence-electron chi connectivity index (χ1n) is 8.09. The van der Waals surface area contributed by atoms with Crippen molar-refractivity contribution in [2.45, 2.75) is 50.9 Å². The molecule has 2 saturated heterocycles. The summed E-state index contributed by atoms with van der Waals surface area (Å²) in [6, 6.07) is 0. The van der Waals surface area contributed by atoms with Crippen LogP contribution < -0.4 is 0 Å². The monoisotopic (exact) mass is 308 g/mol. The first-order chi connectivity index (χ1) is 10.2. The van der Waals surface area contributed by atoms with Crippen molar-refractivity contribution in [2.75, 3.05) is 26.3 Å². The molecule has 21 heavy (non-hydrogen) atoms. The Bertz CT molecular complexity index is 502. The Kier molecular flexibility index (Phi) is 3.78. The number of aryl methyl sites for hydroxylation is 1. The van der Waals surface area contributed by atoms with Crippen LogP contribution in [0.15, 0.2) is 5.51 Å². The van der Waals surface area contributed by atoms with Gasteiger partial charge in [-0.3, -0.25) is 4.90 Å². The number of nitrogens with zero attached hydrogens (tertiary/aromatic N) is 2. The summed E-state index contributed by atoms with van der Waals surface area (Å²) in [6.45, 7) is 7.05. The molecular formula is C16H24N2O2S. The molecule has 2 atom stereocenters. The zero-order valence-corrected chi connectivity index (χ0v) is 13.5. The van der Waals surface area contributed by atoms with Gasteiger partial charge in [0, 0.05) is 37.5 Å². The van der Waals surface area contributed by atoms with Gasteiger partial charge in [-0.1, -0.05) is 0 Å². The lowest BCUT2D eigenvalue weighted by Crippen LogP contribution is -2.33. The molecule has 0 bridgehead atoms. The van der Waals surface area contributed by atoms with Crippen molar-refractivity contribution in [1.29, 1.82) is 0 Å². The minimum Gasteiger partial charge on any atom is -0.375 e. The topological polar surface area (TPSA) is 34.6 Å². The summed E-state index contributed by atoms with van der Waals surface area (Å²) >= 11 is 1.77. The van der Waals surface area contributed by atoms with Gasteiger partial charge in [-0.2, -0.15) is 0 Å². The van der Waals surface area contributed by atoms with E-state index in [-0.39, 0.29) is 5.60 Å². The van der Waals surface area contributed by atoms with E-state index in [1.165, 1.54) is 23.4 Å². The lowest BCUT2D eigenvalue weighted by molar-refractivity contribution is 0.000888. The smallest absolute Gasteiger partial charge is 0.0847 e. The van der Waals surface area contributed by atoms with Gasteiger partial charge in [0.2, 0.25) is 0 Å². The number of thiazole rings is 1. The van der Waals surface area contributed by atoms with Crippen LogP contribution in [0.4, 0.5) is 0 Å². The maximum atomic E-state index is 6.17. The van der Waals surface area contributed by atoms with Gasteiger partial charge >= 0.3 is 0 Å². The largest absolute Gasteiger partial charge is 0.375 e. The van der Waals surface area contributed by atoms with E-state index in [0.29, 0.717) is 6.10 Å². The lowest BCUT2D eigenvalue weighted by atomic mass is 9.98. The van der Waals surface area contributed by atoms with Gasteiger partial charge in [-0.15, -0.1) is 11.3 Å². The first kappa shape index (κ1) is 14.1. The van der Waals surface area contributed by atoms with Gasteiger partial charge in [-0.25, -0.2) is 4.98 Å². The molecule has 1 aromatic heterocycles. The fraction of sp³-hybridized carbons (Fsp3) is 0.812. The van der Waals surface area contributed by atoms with E-state index in [9.17, 15) is 0 Å². The predicted molar refractivity (Wildman–Crippen MR) is 82.5 cm³/mol. The van der Waals surface area contributed by atoms with Crippen molar-refractivity contribution in [2.24, 2.45) is 5.92 Å². The fourth-order valence-corrected chi connectivity index (χ4v) is 4.31. The minimum atomic E-state index is 0.0623. The molecule has 0 unspecified atom stereocenters. The van der Waals surface area contributed by atoms with Crippen molar-refractivity contribution in [3.63, 3.8) is 0 Å². The van der Waals surface area contributed by atoms with Crippen LogP contribution in [0, 0.1) is 12.8 Å². The van der Waals surface area contributed by atoms with Gasteiger partial charge in [0.25, 0.3) is 0 Å². The molecule has 0 N–H and O–H groups in total. The van der Waals surface area contributed by atoms with E-state index >= 15 is 0 Å². The fourth-order valence-electron chi connectivity index (χ4n) is 3.49.